The van der Waals surface area contributed by atoms with Crippen LogP contribution in [0.5, 0.6) is 11.8 Å². The molecule has 0 fully saturated rings. The molecular formula is C26H29ClN6O2. The lowest BCUT2D eigenvalue weighted by Crippen LogP contribution is -2.00. The number of aryl methyl sites for hydroxylation is 2. The van der Waals surface area contributed by atoms with Crippen molar-refractivity contribution in [3.63, 3.8) is 0 Å². The number of ether oxygens (including phenoxy) is 2. The molecule has 182 valence electrons. The van der Waals surface area contributed by atoms with E-state index in [1.165, 1.54) is 0 Å². The molecule has 0 saturated heterocycles. The highest BCUT2D eigenvalue weighted by atomic mass is 35.5. The largest absolute Gasteiger partial charge is 0.477 e. The Bertz CT molecular complexity index is 1280. The summed E-state index contributed by atoms with van der Waals surface area (Å²) >= 11 is 6.07. The number of hydrogen-bond donors (Lipinski definition) is 2. The smallest absolute Gasteiger partial charge is 0.222 e. The van der Waals surface area contributed by atoms with Gasteiger partial charge < -0.3 is 20.9 Å². The number of nitrogen functional groups attached to an aromatic ring is 2. The first-order valence-corrected chi connectivity index (χ1v) is 11.6. The fraction of sp³-hybridized carbons (Fsp3) is 0.231. The van der Waals surface area contributed by atoms with Gasteiger partial charge in [-0.3, -0.25) is 9.97 Å². The van der Waals surface area contributed by atoms with Crippen molar-refractivity contribution >= 4 is 23.0 Å². The van der Waals surface area contributed by atoms with Crippen LogP contribution in [-0.4, -0.2) is 33.1 Å². The molecule has 0 aliphatic heterocycles. The van der Waals surface area contributed by atoms with Crippen molar-refractivity contribution in [3.8, 4) is 34.3 Å². The lowest BCUT2D eigenvalue weighted by Gasteiger charge is -2.10. The van der Waals surface area contributed by atoms with Crippen molar-refractivity contribution in [1.82, 2.24) is 19.9 Å². The molecule has 0 aliphatic carbocycles. The normalized spacial score (nSPS) is 10.3. The molecule has 4 N–H and O–H groups in total. The van der Waals surface area contributed by atoms with Gasteiger partial charge in [0.25, 0.3) is 0 Å². The van der Waals surface area contributed by atoms with Crippen molar-refractivity contribution in [2.75, 3.05) is 24.7 Å². The molecule has 0 aromatic carbocycles. The summed E-state index contributed by atoms with van der Waals surface area (Å²) in [5, 5.41) is 0.490. The Morgan fingerprint density at radius 2 is 1.31 bits per heavy atom. The molecule has 0 unspecified atom stereocenters. The van der Waals surface area contributed by atoms with Gasteiger partial charge in [0.05, 0.1) is 63.5 Å². The number of anilines is 2. The minimum atomic E-state index is 0.490. The van der Waals surface area contributed by atoms with Gasteiger partial charge in [0.1, 0.15) is 0 Å². The molecule has 0 atom stereocenters. The molecular weight excluding hydrogens is 464 g/mol. The summed E-state index contributed by atoms with van der Waals surface area (Å²) in [5.41, 5.74) is 17.5. The van der Waals surface area contributed by atoms with Gasteiger partial charge in [-0.1, -0.05) is 11.6 Å². The molecule has 0 amide bonds. The van der Waals surface area contributed by atoms with Gasteiger partial charge in [0.2, 0.25) is 11.8 Å². The molecule has 4 aromatic rings. The van der Waals surface area contributed by atoms with E-state index in [1.807, 2.05) is 64.1 Å². The second kappa shape index (κ2) is 12.0. The van der Waals surface area contributed by atoms with E-state index in [0.29, 0.717) is 52.8 Å². The fourth-order valence-corrected chi connectivity index (χ4v) is 3.42. The molecule has 4 rings (SSSR count). The topological polar surface area (TPSA) is 122 Å². The number of nitrogens with two attached hydrogens (primary N) is 2. The van der Waals surface area contributed by atoms with Crippen LogP contribution in [0, 0.1) is 13.8 Å². The van der Waals surface area contributed by atoms with Gasteiger partial charge in [-0.2, -0.15) is 0 Å². The van der Waals surface area contributed by atoms with E-state index in [4.69, 9.17) is 32.5 Å². The fourth-order valence-electron chi connectivity index (χ4n) is 3.18. The van der Waals surface area contributed by atoms with Gasteiger partial charge in [-0.15, -0.1) is 0 Å². The molecule has 4 aromatic heterocycles. The van der Waals surface area contributed by atoms with Crippen LogP contribution in [0.2, 0.25) is 5.02 Å². The minimum Gasteiger partial charge on any atom is -0.477 e. The summed E-state index contributed by atoms with van der Waals surface area (Å²) in [4.78, 5) is 17.3. The van der Waals surface area contributed by atoms with E-state index in [9.17, 15) is 0 Å². The van der Waals surface area contributed by atoms with Crippen LogP contribution in [0.4, 0.5) is 11.4 Å². The van der Waals surface area contributed by atoms with Gasteiger partial charge >= 0.3 is 0 Å². The van der Waals surface area contributed by atoms with Crippen LogP contribution in [-0.2, 0) is 0 Å². The molecule has 0 radical (unpaired) electrons. The Kier molecular flexibility index (Phi) is 8.80. The summed E-state index contributed by atoms with van der Waals surface area (Å²) in [7, 11) is 0. The first kappa shape index (κ1) is 25.7. The molecule has 0 saturated carbocycles. The quantitative estimate of drug-likeness (QED) is 0.360. The van der Waals surface area contributed by atoms with E-state index >= 15 is 0 Å². The zero-order valence-corrected chi connectivity index (χ0v) is 21.0. The second-order valence-electron chi connectivity index (χ2n) is 7.44. The van der Waals surface area contributed by atoms with Crippen LogP contribution in [0.1, 0.15) is 25.2 Å². The Balaban J connectivity index is 0.000000196. The van der Waals surface area contributed by atoms with Crippen molar-refractivity contribution < 1.29 is 9.47 Å². The molecule has 8 nitrogen and oxygen atoms in total. The van der Waals surface area contributed by atoms with Gasteiger partial charge in [-0.05, 0) is 70.2 Å². The predicted molar refractivity (Wildman–Crippen MR) is 141 cm³/mol. The third-order valence-corrected chi connectivity index (χ3v) is 5.29. The average molecular weight is 493 g/mol. The maximum absolute atomic E-state index is 6.07. The third-order valence-electron chi connectivity index (χ3n) is 4.98. The van der Waals surface area contributed by atoms with Gasteiger partial charge in [0, 0.05) is 12.4 Å². The second-order valence-corrected chi connectivity index (χ2v) is 7.84. The standard InChI is InChI=1S/C13H14ClN3O.C13H15N3O/c1-3-18-13-9(5-4-6-16-13)11-7-10(14)12(15)8(2)17-11;1-3-17-13-10(5-4-8-15-13)12-7-6-11(14)9(2)16-12/h4-7H,3,15H2,1-2H3;4-8H,3,14H2,1-2H3. The van der Waals surface area contributed by atoms with Crippen LogP contribution >= 0.6 is 11.6 Å². The number of hydrogen-bond acceptors (Lipinski definition) is 8. The molecule has 0 aliphatic rings. The van der Waals surface area contributed by atoms with Crippen LogP contribution in [0.25, 0.3) is 22.5 Å². The molecule has 0 spiro atoms. The lowest BCUT2D eigenvalue weighted by atomic mass is 10.1. The highest BCUT2D eigenvalue weighted by Crippen LogP contribution is 2.31. The summed E-state index contributed by atoms with van der Waals surface area (Å²) in [5.74, 6) is 1.15. The number of halogens is 1. The van der Waals surface area contributed by atoms with Crippen LogP contribution in [0.15, 0.2) is 54.9 Å². The van der Waals surface area contributed by atoms with E-state index in [1.54, 1.807) is 18.5 Å². The monoisotopic (exact) mass is 492 g/mol. The van der Waals surface area contributed by atoms with E-state index in [-0.39, 0.29) is 0 Å². The van der Waals surface area contributed by atoms with Crippen molar-refractivity contribution in [1.29, 1.82) is 0 Å². The maximum Gasteiger partial charge on any atom is 0.222 e. The Hall–Kier alpha value is -3.91. The average Bonchev–Trinajstić information content (AvgIpc) is 2.85. The maximum atomic E-state index is 6.07. The number of rotatable bonds is 6. The molecule has 35 heavy (non-hydrogen) atoms. The number of nitrogens with zero attached hydrogens (tertiary/aromatic N) is 4. The lowest BCUT2D eigenvalue weighted by molar-refractivity contribution is 0.328. The Morgan fingerprint density at radius 1 is 0.771 bits per heavy atom. The van der Waals surface area contributed by atoms with Gasteiger partial charge in [0.15, 0.2) is 0 Å². The predicted octanol–water partition coefficient (Wildman–Crippen LogP) is 5.52. The Labute approximate surface area is 210 Å². The zero-order chi connectivity index (χ0) is 25.4. The Morgan fingerprint density at radius 3 is 1.83 bits per heavy atom. The van der Waals surface area contributed by atoms with Crippen molar-refractivity contribution in [3.05, 3.63) is 71.3 Å². The summed E-state index contributed by atoms with van der Waals surface area (Å²) in [6, 6.07) is 13.0. The molecule has 4 heterocycles. The first-order valence-electron chi connectivity index (χ1n) is 11.2. The number of aromatic nitrogens is 4. The minimum absolute atomic E-state index is 0.490. The van der Waals surface area contributed by atoms with E-state index in [2.05, 4.69) is 19.9 Å². The SMILES string of the molecule is CCOc1ncccc1-c1cc(Cl)c(N)c(C)n1.CCOc1ncccc1-c1ccc(N)c(C)n1. The van der Waals surface area contributed by atoms with Crippen molar-refractivity contribution in [2.45, 2.75) is 27.7 Å². The van der Waals surface area contributed by atoms with E-state index in [0.717, 1.165) is 22.5 Å². The highest BCUT2D eigenvalue weighted by molar-refractivity contribution is 6.33. The van der Waals surface area contributed by atoms with Crippen molar-refractivity contribution in [2.24, 2.45) is 0 Å². The molecule has 0 bridgehead atoms. The zero-order valence-electron chi connectivity index (χ0n) is 20.2. The molecule has 9 heteroatoms. The van der Waals surface area contributed by atoms with Gasteiger partial charge in [-0.25, -0.2) is 9.97 Å². The summed E-state index contributed by atoms with van der Waals surface area (Å²) in [6.07, 6.45) is 3.39. The first-order chi connectivity index (χ1) is 16.8. The highest BCUT2D eigenvalue weighted by Gasteiger charge is 2.12. The van der Waals surface area contributed by atoms with Crippen LogP contribution in [0.3, 0.4) is 0 Å². The number of pyridine rings is 4. The third kappa shape index (κ3) is 6.36. The van der Waals surface area contributed by atoms with Crippen LogP contribution < -0.4 is 20.9 Å². The summed E-state index contributed by atoms with van der Waals surface area (Å²) in [6.45, 7) is 8.67. The summed E-state index contributed by atoms with van der Waals surface area (Å²) < 4.78 is 11.0. The van der Waals surface area contributed by atoms with E-state index < -0.39 is 0 Å².